The van der Waals surface area contributed by atoms with Crippen molar-refractivity contribution >= 4 is 0 Å². The summed E-state index contributed by atoms with van der Waals surface area (Å²) in [6.07, 6.45) is 0. The van der Waals surface area contributed by atoms with Gasteiger partial charge in [-0.25, -0.2) is 0 Å². The molecule has 0 saturated heterocycles. The van der Waals surface area contributed by atoms with Gasteiger partial charge >= 0.3 is 0 Å². The normalized spacial score (nSPS) is 16.0. The molecule has 0 fully saturated rings. The van der Waals surface area contributed by atoms with Crippen LogP contribution < -0.4 is 22.1 Å². The van der Waals surface area contributed by atoms with Crippen LogP contribution in [0.4, 0.5) is 0 Å². The Bertz CT molecular complexity index is 85.1. The number of hydrogen-bond donors (Lipinski definition) is 4. The monoisotopic (exact) mass is 174 g/mol. The lowest BCUT2D eigenvalue weighted by atomic mass is 10.3. The van der Waals surface area contributed by atoms with E-state index < -0.39 is 0 Å². The summed E-state index contributed by atoms with van der Waals surface area (Å²) in [6.45, 7) is 7.42. The molecule has 0 heterocycles. The minimum absolute atomic E-state index is 0.403. The molecule has 0 radical (unpaired) electrons. The van der Waals surface area contributed by atoms with Gasteiger partial charge < -0.3 is 22.1 Å². The van der Waals surface area contributed by atoms with Crippen molar-refractivity contribution in [1.82, 2.24) is 10.6 Å². The summed E-state index contributed by atoms with van der Waals surface area (Å²) < 4.78 is 0. The highest BCUT2D eigenvalue weighted by molar-refractivity contribution is 4.64. The molecule has 0 aliphatic rings. The molecule has 0 unspecified atom stereocenters. The average Bonchev–Trinajstić information content (AvgIpc) is 2.11. The van der Waals surface area contributed by atoms with E-state index in [4.69, 9.17) is 11.5 Å². The average molecular weight is 174 g/mol. The smallest absolute Gasteiger partial charge is 0.0162 e. The molecule has 0 rings (SSSR count). The number of rotatable bonds is 7. The molecule has 0 bridgehead atoms. The largest absolute Gasteiger partial charge is 0.329 e. The van der Waals surface area contributed by atoms with Gasteiger partial charge in [0.2, 0.25) is 0 Å². The lowest BCUT2D eigenvalue weighted by Crippen LogP contribution is -2.41. The van der Waals surface area contributed by atoms with Gasteiger partial charge in [0.15, 0.2) is 0 Å². The Morgan fingerprint density at radius 3 is 1.50 bits per heavy atom. The topological polar surface area (TPSA) is 76.1 Å². The van der Waals surface area contributed by atoms with Gasteiger partial charge in [-0.1, -0.05) is 0 Å². The third-order valence-corrected chi connectivity index (χ3v) is 1.82. The molecular weight excluding hydrogens is 152 g/mol. The van der Waals surface area contributed by atoms with Crippen LogP contribution in [-0.2, 0) is 0 Å². The van der Waals surface area contributed by atoms with Gasteiger partial charge in [0, 0.05) is 38.3 Å². The lowest BCUT2D eigenvalue weighted by molar-refractivity contribution is 0.500. The predicted molar refractivity (Wildman–Crippen MR) is 53.0 cm³/mol. The van der Waals surface area contributed by atoms with Crippen LogP contribution >= 0.6 is 0 Å². The molecule has 0 aromatic heterocycles. The van der Waals surface area contributed by atoms with E-state index in [1.807, 2.05) is 0 Å². The van der Waals surface area contributed by atoms with Crippen molar-refractivity contribution in [3.63, 3.8) is 0 Å². The van der Waals surface area contributed by atoms with E-state index in [1.165, 1.54) is 0 Å². The Balaban J connectivity index is 3.10. The molecular formula is C8H22N4. The zero-order valence-electron chi connectivity index (χ0n) is 8.14. The number of hydrogen-bond acceptors (Lipinski definition) is 4. The van der Waals surface area contributed by atoms with Crippen molar-refractivity contribution in [2.75, 3.05) is 26.2 Å². The maximum atomic E-state index is 5.44. The number of nitrogens with one attached hydrogen (secondary N) is 2. The van der Waals surface area contributed by atoms with Crippen molar-refractivity contribution in [2.24, 2.45) is 11.5 Å². The second kappa shape index (κ2) is 7.49. The Morgan fingerprint density at radius 1 is 0.917 bits per heavy atom. The first-order valence-corrected chi connectivity index (χ1v) is 4.57. The second-order valence-corrected chi connectivity index (χ2v) is 3.18. The zero-order valence-corrected chi connectivity index (χ0v) is 8.14. The highest BCUT2D eigenvalue weighted by Gasteiger charge is 1.98. The maximum Gasteiger partial charge on any atom is 0.0162 e. The van der Waals surface area contributed by atoms with Crippen LogP contribution in [0.15, 0.2) is 0 Å². The predicted octanol–water partition coefficient (Wildman–Crippen LogP) is -1.14. The Hall–Kier alpha value is -0.160. The molecule has 0 amide bonds. The molecule has 2 atom stereocenters. The molecule has 0 spiro atoms. The summed E-state index contributed by atoms with van der Waals surface area (Å²) in [5, 5.41) is 6.57. The molecule has 0 aliphatic heterocycles. The minimum Gasteiger partial charge on any atom is -0.329 e. The molecule has 12 heavy (non-hydrogen) atoms. The van der Waals surface area contributed by atoms with E-state index in [0.29, 0.717) is 25.2 Å². The highest BCUT2D eigenvalue weighted by atomic mass is 15.0. The SMILES string of the molecule is C[C@@H](CN)NCCN[C@@H](C)CN. The summed E-state index contributed by atoms with van der Waals surface area (Å²) in [5.74, 6) is 0. The van der Waals surface area contributed by atoms with Gasteiger partial charge in [-0.15, -0.1) is 0 Å². The van der Waals surface area contributed by atoms with Crippen LogP contribution in [0, 0.1) is 0 Å². The van der Waals surface area contributed by atoms with Gasteiger partial charge in [-0.05, 0) is 13.8 Å². The summed E-state index contributed by atoms with van der Waals surface area (Å²) in [6, 6.07) is 0.806. The molecule has 74 valence electrons. The first-order valence-electron chi connectivity index (χ1n) is 4.57. The van der Waals surface area contributed by atoms with Gasteiger partial charge in [-0.3, -0.25) is 0 Å². The van der Waals surface area contributed by atoms with E-state index in [-0.39, 0.29) is 0 Å². The van der Waals surface area contributed by atoms with E-state index in [1.54, 1.807) is 0 Å². The fourth-order valence-corrected chi connectivity index (χ4v) is 0.804. The summed E-state index contributed by atoms with van der Waals surface area (Å²) in [4.78, 5) is 0. The third-order valence-electron chi connectivity index (χ3n) is 1.82. The molecule has 0 aliphatic carbocycles. The molecule has 0 aromatic carbocycles. The highest BCUT2D eigenvalue weighted by Crippen LogP contribution is 1.76. The fourth-order valence-electron chi connectivity index (χ4n) is 0.804. The first kappa shape index (κ1) is 11.8. The molecule has 0 saturated carbocycles. The first-order chi connectivity index (χ1) is 5.70. The van der Waals surface area contributed by atoms with Gasteiger partial charge in [0.1, 0.15) is 0 Å². The van der Waals surface area contributed by atoms with Crippen molar-refractivity contribution < 1.29 is 0 Å². The summed E-state index contributed by atoms with van der Waals surface area (Å²) >= 11 is 0. The standard InChI is InChI=1S/C8H22N4/c1-7(5-9)11-3-4-12-8(2)6-10/h7-8,11-12H,3-6,9-10H2,1-2H3/t7-,8-/m0/s1. The van der Waals surface area contributed by atoms with Crippen LogP contribution in [-0.4, -0.2) is 38.3 Å². The molecule has 0 aromatic rings. The van der Waals surface area contributed by atoms with Gasteiger partial charge in [0.25, 0.3) is 0 Å². The van der Waals surface area contributed by atoms with E-state index in [9.17, 15) is 0 Å². The van der Waals surface area contributed by atoms with Crippen LogP contribution in [0.25, 0.3) is 0 Å². The van der Waals surface area contributed by atoms with Crippen molar-refractivity contribution in [3.05, 3.63) is 0 Å². The van der Waals surface area contributed by atoms with Crippen LogP contribution in [0.1, 0.15) is 13.8 Å². The van der Waals surface area contributed by atoms with Crippen LogP contribution in [0.3, 0.4) is 0 Å². The number of nitrogens with two attached hydrogens (primary N) is 2. The maximum absolute atomic E-state index is 5.44. The Morgan fingerprint density at radius 2 is 1.25 bits per heavy atom. The van der Waals surface area contributed by atoms with Crippen molar-refractivity contribution in [3.8, 4) is 0 Å². The zero-order chi connectivity index (χ0) is 9.40. The third kappa shape index (κ3) is 6.54. The fraction of sp³-hybridized carbons (Fsp3) is 1.00. The lowest BCUT2D eigenvalue weighted by Gasteiger charge is -2.14. The van der Waals surface area contributed by atoms with Crippen LogP contribution in [0.2, 0.25) is 0 Å². The Labute approximate surface area is 75.1 Å². The van der Waals surface area contributed by atoms with E-state index >= 15 is 0 Å². The molecule has 4 heteroatoms. The minimum atomic E-state index is 0.403. The van der Waals surface area contributed by atoms with Gasteiger partial charge in [-0.2, -0.15) is 0 Å². The van der Waals surface area contributed by atoms with Crippen molar-refractivity contribution in [2.45, 2.75) is 25.9 Å². The quantitative estimate of drug-likeness (QED) is 0.368. The summed E-state index contributed by atoms with van der Waals surface area (Å²) in [7, 11) is 0. The van der Waals surface area contributed by atoms with E-state index in [0.717, 1.165) is 13.1 Å². The Kier molecular flexibility index (Phi) is 7.39. The summed E-state index contributed by atoms with van der Waals surface area (Å²) in [5.41, 5.74) is 10.9. The molecule has 6 N–H and O–H groups in total. The second-order valence-electron chi connectivity index (χ2n) is 3.18. The van der Waals surface area contributed by atoms with Gasteiger partial charge in [0.05, 0.1) is 0 Å². The van der Waals surface area contributed by atoms with Crippen LogP contribution in [0.5, 0.6) is 0 Å². The van der Waals surface area contributed by atoms with Crippen molar-refractivity contribution in [1.29, 1.82) is 0 Å². The van der Waals surface area contributed by atoms with E-state index in [2.05, 4.69) is 24.5 Å². The molecule has 4 nitrogen and oxygen atoms in total.